The van der Waals surface area contributed by atoms with Crippen molar-refractivity contribution in [1.29, 1.82) is 0 Å². The van der Waals surface area contributed by atoms with Crippen molar-refractivity contribution in [1.82, 2.24) is 0 Å². The van der Waals surface area contributed by atoms with E-state index in [4.69, 9.17) is 11.5 Å². The molecule has 2 heteroatoms. The molecule has 0 radical (unpaired) electrons. The Hall–Kier alpha value is -3.62. The zero-order valence-corrected chi connectivity index (χ0v) is 14.9. The first kappa shape index (κ1) is 17.2. The highest BCUT2D eigenvalue weighted by Crippen LogP contribution is 2.20. The fourth-order valence-corrected chi connectivity index (χ4v) is 2.40. The Morgan fingerprint density at radius 3 is 1.23 bits per heavy atom. The molecule has 0 aliphatic rings. The molecular weight excluding hydrogens is 316 g/mol. The topological polar surface area (TPSA) is 52.0 Å². The van der Waals surface area contributed by atoms with Gasteiger partial charge in [-0.25, -0.2) is 0 Å². The van der Waals surface area contributed by atoms with E-state index in [-0.39, 0.29) is 0 Å². The van der Waals surface area contributed by atoms with E-state index in [1.165, 1.54) is 11.1 Å². The molecule has 0 saturated carbocycles. The quantitative estimate of drug-likeness (QED) is 0.476. The van der Waals surface area contributed by atoms with Crippen LogP contribution in [0, 0.1) is 37.5 Å². The molecule has 3 rings (SSSR count). The number of rotatable bonds is 0. The molecule has 4 N–H and O–H groups in total. The predicted molar refractivity (Wildman–Crippen MR) is 110 cm³/mol. The Morgan fingerprint density at radius 2 is 0.885 bits per heavy atom. The zero-order valence-electron chi connectivity index (χ0n) is 14.9. The standard InChI is InChI=1S/C24H20N2/c1-17-3-7-19(8-4-17)11-13-21-15-24(26)22(16-23(21)25)14-12-20-9-5-18(2)6-10-20/h3-10,15-16H,25-26H2,1-2H3. The van der Waals surface area contributed by atoms with Crippen molar-refractivity contribution in [3.05, 3.63) is 94.0 Å². The monoisotopic (exact) mass is 336 g/mol. The van der Waals surface area contributed by atoms with E-state index in [9.17, 15) is 0 Å². The van der Waals surface area contributed by atoms with Crippen LogP contribution >= 0.6 is 0 Å². The minimum Gasteiger partial charge on any atom is -0.398 e. The molecule has 0 bridgehead atoms. The molecule has 0 atom stereocenters. The molecule has 2 nitrogen and oxygen atoms in total. The predicted octanol–water partition coefficient (Wildman–Crippen LogP) is 4.27. The lowest BCUT2D eigenvalue weighted by molar-refractivity contribution is 1.46. The highest BCUT2D eigenvalue weighted by atomic mass is 14.6. The summed E-state index contributed by atoms with van der Waals surface area (Å²) < 4.78 is 0. The second kappa shape index (κ2) is 7.51. The van der Waals surface area contributed by atoms with Crippen molar-refractivity contribution in [3.8, 4) is 23.7 Å². The van der Waals surface area contributed by atoms with Crippen LogP contribution in [0.3, 0.4) is 0 Å². The van der Waals surface area contributed by atoms with Crippen LogP contribution < -0.4 is 11.5 Å². The second-order valence-electron chi connectivity index (χ2n) is 6.26. The molecule has 3 aromatic rings. The lowest BCUT2D eigenvalue weighted by Crippen LogP contribution is -1.97. The van der Waals surface area contributed by atoms with Gasteiger partial charge in [0.1, 0.15) is 0 Å². The molecule has 0 aliphatic carbocycles. The van der Waals surface area contributed by atoms with Gasteiger partial charge in [-0.3, -0.25) is 0 Å². The Morgan fingerprint density at radius 1 is 0.538 bits per heavy atom. The maximum Gasteiger partial charge on any atom is 0.0500 e. The number of anilines is 2. The molecule has 126 valence electrons. The first-order chi connectivity index (χ1) is 12.5. The Bertz CT molecular complexity index is 963. The smallest absolute Gasteiger partial charge is 0.0500 e. The van der Waals surface area contributed by atoms with Gasteiger partial charge in [-0.2, -0.15) is 0 Å². The van der Waals surface area contributed by atoms with Crippen molar-refractivity contribution in [2.24, 2.45) is 0 Å². The van der Waals surface area contributed by atoms with Gasteiger partial charge in [0.15, 0.2) is 0 Å². The molecule has 0 spiro atoms. The minimum absolute atomic E-state index is 0.576. The largest absolute Gasteiger partial charge is 0.398 e. The van der Waals surface area contributed by atoms with Crippen LogP contribution in [0.5, 0.6) is 0 Å². The molecule has 26 heavy (non-hydrogen) atoms. The van der Waals surface area contributed by atoms with Crippen LogP contribution in [0.1, 0.15) is 33.4 Å². The van der Waals surface area contributed by atoms with Crippen LogP contribution in [0.15, 0.2) is 60.7 Å². The van der Waals surface area contributed by atoms with Gasteiger partial charge in [0.2, 0.25) is 0 Å². The van der Waals surface area contributed by atoms with Gasteiger partial charge in [0, 0.05) is 33.6 Å². The van der Waals surface area contributed by atoms with Gasteiger partial charge in [0.05, 0.1) is 0 Å². The molecule has 0 fully saturated rings. The highest BCUT2D eigenvalue weighted by Gasteiger charge is 2.02. The summed E-state index contributed by atoms with van der Waals surface area (Å²) in [7, 11) is 0. The molecule has 0 aliphatic heterocycles. The fourth-order valence-electron chi connectivity index (χ4n) is 2.40. The third kappa shape index (κ3) is 4.26. The van der Waals surface area contributed by atoms with E-state index in [2.05, 4.69) is 23.7 Å². The molecular formula is C24H20N2. The average molecular weight is 336 g/mol. The number of nitrogens with two attached hydrogens (primary N) is 2. The summed E-state index contributed by atoms with van der Waals surface area (Å²) in [5, 5.41) is 0. The lowest BCUT2D eigenvalue weighted by Gasteiger charge is -2.03. The molecule has 3 aromatic carbocycles. The van der Waals surface area contributed by atoms with E-state index < -0.39 is 0 Å². The summed E-state index contributed by atoms with van der Waals surface area (Å²) >= 11 is 0. The highest BCUT2D eigenvalue weighted by molar-refractivity contribution is 5.70. The van der Waals surface area contributed by atoms with Crippen LogP contribution in [-0.4, -0.2) is 0 Å². The van der Waals surface area contributed by atoms with Gasteiger partial charge >= 0.3 is 0 Å². The van der Waals surface area contributed by atoms with Crippen molar-refractivity contribution < 1.29 is 0 Å². The summed E-state index contributed by atoms with van der Waals surface area (Å²) in [6, 6.07) is 19.7. The van der Waals surface area contributed by atoms with Crippen LogP contribution in [0.4, 0.5) is 11.4 Å². The maximum atomic E-state index is 6.14. The molecule has 0 amide bonds. The SMILES string of the molecule is Cc1ccc(C#Cc2cc(N)c(C#Cc3ccc(C)cc3)cc2N)cc1. The van der Waals surface area contributed by atoms with Crippen LogP contribution in [0.25, 0.3) is 0 Å². The van der Waals surface area contributed by atoms with E-state index >= 15 is 0 Å². The van der Waals surface area contributed by atoms with Gasteiger partial charge in [-0.15, -0.1) is 0 Å². The van der Waals surface area contributed by atoms with Gasteiger partial charge in [-0.05, 0) is 50.2 Å². The number of hydrogen-bond acceptors (Lipinski definition) is 2. The third-order valence-corrected chi connectivity index (χ3v) is 4.01. The fraction of sp³-hybridized carbons (Fsp3) is 0.0833. The Kier molecular flexibility index (Phi) is 4.97. The zero-order chi connectivity index (χ0) is 18.5. The first-order valence-corrected chi connectivity index (χ1v) is 8.37. The molecule has 0 aromatic heterocycles. The van der Waals surface area contributed by atoms with Crippen molar-refractivity contribution >= 4 is 11.4 Å². The summed E-state index contributed by atoms with van der Waals surface area (Å²) in [6.45, 7) is 4.10. The summed E-state index contributed by atoms with van der Waals surface area (Å²) in [5.74, 6) is 12.4. The van der Waals surface area contributed by atoms with Crippen molar-refractivity contribution in [3.63, 3.8) is 0 Å². The number of nitrogen functional groups attached to an aromatic ring is 2. The van der Waals surface area contributed by atoms with E-state index in [0.29, 0.717) is 22.5 Å². The first-order valence-electron chi connectivity index (χ1n) is 8.37. The van der Waals surface area contributed by atoms with E-state index in [1.807, 2.05) is 62.4 Å². The van der Waals surface area contributed by atoms with E-state index in [1.54, 1.807) is 12.1 Å². The van der Waals surface area contributed by atoms with Crippen molar-refractivity contribution in [2.45, 2.75) is 13.8 Å². The second-order valence-corrected chi connectivity index (χ2v) is 6.26. The third-order valence-electron chi connectivity index (χ3n) is 4.01. The number of benzene rings is 3. The maximum absolute atomic E-state index is 6.14. The number of aryl methyl sites for hydroxylation is 2. The summed E-state index contributed by atoms with van der Waals surface area (Å²) in [6.07, 6.45) is 0. The van der Waals surface area contributed by atoms with Crippen molar-refractivity contribution in [2.75, 3.05) is 11.5 Å². The molecule has 0 heterocycles. The van der Waals surface area contributed by atoms with Crippen LogP contribution in [-0.2, 0) is 0 Å². The summed E-state index contributed by atoms with van der Waals surface area (Å²) in [4.78, 5) is 0. The van der Waals surface area contributed by atoms with Gasteiger partial charge < -0.3 is 11.5 Å². The Labute approximate surface area is 154 Å². The average Bonchev–Trinajstić information content (AvgIpc) is 2.63. The Balaban J connectivity index is 1.87. The lowest BCUT2D eigenvalue weighted by atomic mass is 10.1. The van der Waals surface area contributed by atoms with Gasteiger partial charge in [0.25, 0.3) is 0 Å². The number of hydrogen-bond donors (Lipinski definition) is 2. The van der Waals surface area contributed by atoms with Gasteiger partial charge in [-0.1, -0.05) is 59.1 Å². The summed E-state index contributed by atoms with van der Waals surface area (Å²) in [5.41, 5.74) is 19.2. The normalized spacial score (nSPS) is 9.62. The van der Waals surface area contributed by atoms with E-state index in [0.717, 1.165) is 11.1 Å². The van der Waals surface area contributed by atoms with Crippen LogP contribution in [0.2, 0.25) is 0 Å². The minimum atomic E-state index is 0.576. The molecule has 0 unspecified atom stereocenters. The molecule has 0 saturated heterocycles.